The maximum absolute atomic E-state index is 6.41. The lowest BCUT2D eigenvalue weighted by Gasteiger charge is -2.19. The minimum absolute atomic E-state index is 0.145. The number of nitrogens with two attached hydrogens (primary N) is 1. The first-order valence-electron chi connectivity index (χ1n) is 8.42. The Kier molecular flexibility index (Phi) is 6.79. The molecule has 0 aromatic heterocycles. The highest BCUT2D eigenvalue weighted by atomic mass is 16.7. The van der Waals surface area contributed by atoms with Crippen molar-refractivity contribution in [1.82, 2.24) is 0 Å². The molecular formula is C20H28N2O2. The molecule has 1 atom stereocenters. The number of anilines is 1. The van der Waals surface area contributed by atoms with Crippen LogP contribution < -0.4 is 10.6 Å². The van der Waals surface area contributed by atoms with Crippen molar-refractivity contribution in [3.63, 3.8) is 0 Å². The fourth-order valence-corrected chi connectivity index (χ4v) is 2.58. The highest BCUT2D eigenvalue weighted by molar-refractivity contribution is 5.47. The zero-order chi connectivity index (χ0) is 17.5. The Balaban J connectivity index is 2.14. The second-order valence-electron chi connectivity index (χ2n) is 5.87. The van der Waals surface area contributed by atoms with Gasteiger partial charge < -0.3 is 20.1 Å². The molecule has 0 spiro atoms. The Morgan fingerprint density at radius 3 is 1.62 bits per heavy atom. The van der Waals surface area contributed by atoms with Crippen LogP contribution in [0.15, 0.2) is 48.5 Å². The summed E-state index contributed by atoms with van der Waals surface area (Å²) in [6, 6.07) is 16.3. The van der Waals surface area contributed by atoms with Gasteiger partial charge in [-0.25, -0.2) is 0 Å². The second-order valence-corrected chi connectivity index (χ2v) is 5.87. The van der Waals surface area contributed by atoms with Gasteiger partial charge in [0.15, 0.2) is 6.29 Å². The summed E-state index contributed by atoms with van der Waals surface area (Å²) in [6.45, 7) is 5.16. The molecule has 4 nitrogen and oxygen atoms in total. The molecule has 2 aromatic rings. The molecule has 1 unspecified atom stereocenters. The molecule has 0 aliphatic carbocycles. The SMILES string of the molecule is CCOC(OCC)c1ccc(C(N)c2ccc(N(C)C)cc2)cc1. The minimum atomic E-state index is -0.315. The highest BCUT2D eigenvalue weighted by Crippen LogP contribution is 2.25. The summed E-state index contributed by atoms with van der Waals surface area (Å²) < 4.78 is 11.3. The third kappa shape index (κ3) is 4.57. The molecule has 2 rings (SSSR count). The number of nitrogens with zero attached hydrogens (tertiary/aromatic N) is 1. The normalized spacial score (nSPS) is 12.4. The van der Waals surface area contributed by atoms with Gasteiger partial charge in [0.05, 0.1) is 6.04 Å². The van der Waals surface area contributed by atoms with Crippen LogP contribution in [0.4, 0.5) is 5.69 Å². The fraction of sp³-hybridized carbons (Fsp3) is 0.400. The molecule has 0 aliphatic heterocycles. The summed E-state index contributed by atoms with van der Waals surface area (Å²) in [5.41, 5.74) is 10.8. The van der Waals surface area contributed by atoms with Gasteiger partial charge in [-0.05, 0) is 37.1 Å². The number of hydrogen-bond acceptors (Lipinski definition) is 4. The summed E-state index contributed by atoms with van der Waals surface area (Å²) in [5, 5.41) is 0. The van der Waals surface area contributed by atoms with Crippen LogP contribution >= 0.6 is 0 Å². The smallest absolute Gasteiger partial charge is 0.183 e. The third-order valence-electron chi connectivity index (χ3n) is 3.97. The molecule has 4 heteroatoms. The average molecular weight is 328 g/mol. The summed E-state index contributed by atoms with van der Waals surface area (Å²) in [4.78, 5) is 2.08. The van der Waals surface area contributed by atoms with E-state index in [4.69, 9.17) is 15.2 Å². The van der Waals surface area contributed by atoms with Crippen LogP contribution in [0.25, 0.3) is 0 Å². The molecule has 2 aromatic carbocycles. The highest BCUT2D eigenvalue weighted by Gasteiger charge is 2.13. The molecule has 0 amide bonds. The van der Waals surface area contributed by atoms with E-state index in [9.17, 15) is 0 Å². The second kappa shape index (κ2) is 8.83. The van der Waals surface area contributed by atoms with Crippen molar-refractivity contribution in [3.8, 4) is 0 Å². The molecule has 0 aliphatic rings. The maximum Gasteiger partial charge on any atom is 0.183 e. The molecule has 130 valence electrons. The van der Waals surface area contributed by atoms with Crippen LogP contribution in [0, 0.1) is 0 Å². The van der Waals surface area contributed by atoms with Crippen LogP contribution in [0.3, 0.4) is 0 Å². The van der Waals surface area contributed by atoms with Crippen molar-refractivity contribution in [2.45, 2.75) is 26.2 Å². The third-order valence-corrected chi connectivity index (χ3v) is 3.97. The van der Waals surface area contributed by atoms with E-state index in [1.165, 1.54) is 0 Å². The van der Waals surface area contributed by atoms with Crippen molar-refractivity contribution in [2.24, 2.45) is 5.73 Å². The Morgan fingerprint density at radius 1 is 0.792 bits per heavy atom. The van der Waals surface area contributed by atoms with Crippen LogP contribution in [-0.4, -0.2) is 27.3 Å². The summed E-state index contributed by atoms with van der Waals surface area (Å²) in [7, 11) is 4.06. The van der Waals surface area contributed by atoms with Gasteiger partial charge in [0.1, 0.15) is 0 Å². The van der Waals surface area contributed by atoms with E-state index < -0.39 is 0 Å². The van der Waals surface area contributed by atoms with E-state index in [0.29, 0.717) is 13.2 Å². The van der Waals surface area contributed by atoms with E-state index in [1.54, 1.807) is 0 Å². The predicted molar refractivity (Wildman–Crippen MR) is 99.2 cm³/mol. The fourth-order valence-electron chi connectivity index (χ4n) is 2.58. The molecule has 2 N–H and O–H groups in total. The number of ether oxygens (including phenoxy) is 2. The lowest BCUT2D eigenvalue weighted by Crippen LogP contribution is -2.14. The van der Waals surface area contributed by atoms with Gasteiger partial charge in [-0.2, -0.15) is 0 Å². The molecular weight excluding hydrogens is 300 g/mol. The van der Waals surface area contributed by atoms with E-state index in [1.807, 2.05) is 52.2 Å². The van der Waals surface area contributed by atoms with Crippen molar-refractivity contribution in [3.05, 3.63) is 65.2 Å². The molecule has 0 bridgehead atoms. The van der Waals surface area contributed by atoms with Crippen LogP contribution in [0.1, 0.15) is 42.9 Å². The van der Waals surface area contributed by atoms with Crippen LogP contribution in [-0.2, 0) is 9.47 Å². The number of benzene rings is 2. The molecule has 0 heterocycles. The van der Waals surface area contributed by atoms with Gasteiger partial charge in [0.25, 0.3) is 0 Å². The van der Waals surface area contributed by atoms with E-state index in [2.05, 4.69) is 29.2 Å². The lowest BCUT2D eigenvalue weighted by atomic mass is 9.98. The Morgan fingerprint density at radius 2 is 1.21 bits per heavy atom. The van der Waals surface area contributed by atoms with Gasteiger partial charge in [0, 0.05) is 38.6 Å². The lowest BCUT2D eigenvalue weighted by molar-refractivity contribution is -0.140. The average Bonchev–Trinajstić information content (AvgIpc) is 2.61. The van der Waals surface area contributed by atoms with Crippen molar-refractivity contribution in [1.29, 1.82) is 0 Å². The van der Waals surface area contributed by atoms with Crippen molar-refractivity contribution >= 4 is 5.69 Å². The molecule has 0 saturated carbocycles. The maximum atomic E-state index is 6.41. The van der Waals surface area contributed by atoms with Crippen molar-refractivity contribution < 1.29 is 9.47 Å². The number of hydrogen-bond donors (Lipinski definition) is 1. The molecule has 0 saturated heterocycles. The zero-order valence-electron chi connectivity index (χ0n) is 15.0. The predicted octanol–water partition coefficient (Wildman–Crippen LogP) is 3.87. The largest absolute Gasteiger partial charge is 0.378 e. The first kappa shape index (κ1) is 18.5. The van der Waals surface area contributed by atoms with Crippen LogP contribution in [0.2, 0.25) is 0 Å². The molecule has 24 heavy (non-hydrogen) atoms. The quantitative estimate of drug-likeness (QED) is 0.747. The van der Waals surface area contributed by atoms with Gasteiger partial charge in [-0.1, -0.05) is 36.4 Å². The zero-order valence-corrected chi connectivity index (χ0v) is 15.0. The van der Waals surface area contributed by atoms with Crippen molar-refractivity contribution in [2.75, 3.05) is 32.2 Å². The Labute approximate surface area is 145 Å². The van der Waals surface area contributed by atoms with Gasteiger partial charge >= 0.3 is 0 Å². The topological polar surface area (TPSA) is 47.7 Å². The van der Waals surface area contributed by atoms with Gasteiger partial charge in [-0.3, -0.25) is 0 Å². The van der Waals surface area contributed by atoms with Gasteiger partial charge in [0.2, 0.25) is 0 Å². The first-order valence-corrected chi connectivity index (χ1v) is 8.42. The van der Waals surface area contributed by atoms with Gasteiger partial charge in [-0.15, -0.1) is 0 Å². The summed E-state index contributed by atoms with van der Waals surface area (Å²) >= 11 is 0. The summed E-state index contributed by atoms with van der Waals surface area (Å²) in [5.74, 6) is 0. The molecule has 0 radical (unpaired) electrons. The number of rotatable bonds is 8. The van der Waals surface area contributed by atoms with E-state index in [-0.39, 0.29) is 12.3 Å². The first-order chi connectivity index (χ1) is 11.6. The monoisotopic (exact) mass is 328 g/mol. The van der Waals surface area contributed by atoms with Crippen LogP contribution in [0.5, 0.6) is 0 Å². The summed E-state index contributed by atoms with van der Waals surface area (Å²) in [6.07, 6.45) is -0.315. The Hall–Kier alpha value is -1.88. The Bertz CT molecular complexity index is 603. The standard InChI is InChI=1S/C20H28N2O2/c1-5-23-20(24-6-2)17-9-7-15(8-10-17)19(21)16-11-13-18(14-12-16)22(3)4/h7-14,19-20H,5-6,21H2,1-4H3. The van der Waals surface area contributed by atoms with E-state index in [0.717, 1.165) is 22.4 Å². The van der Waals surface area contributed by atoms with E-state index >= 15 is 0 Å². The molecule has 0 fully saturated rings. The minimum Gasteiger partial charge on any atom is -0.378 e.